The number of hydrogen-bond donors (Lipinski definition) is 0. The van der Waals surface area contributed by atoms with Crippen LogP contribution in [0.25, 0.3) is 0 Å². The third-order valence-electron chi connectivity index (χ3n) is 15.4. The van der Waals surface area contributed by atoms with E-state index in [0.29, 0.717) is 11.0 Å². The first-order valence-electron chi connectivity index (χ1n) is 34.0. The van der Waals surface area contributed by atoms with Crippen molar-refractivity contribution < 1.29 is 42.9 Å². The SMILES string of the molecule is CCCCC/C=C\CCCCCCCC(=O)OCC(COC(OCC[N+](C)(C)C)C(=O)[O-])OC(=O)CCCCCCCCCCCCCCCCCCCCCCCCCCCCCCC/C=C\CCCCCCCCCC. The van der Waals surface area contributed by atoms with E-state index in [9.17, 15) is 19.5 Å². The molecule has 0 N–H and O–H groups in total. The summed E-state index contributed by atoms with van der Waals surface area (Å²) in [6, 6.07) is 0. The van der Waals surface area contributed by atoms with Crippen molar-refractivity contribution in [2.75, 3.05) is 47.5 Å². The van der Waals surface area contributed by atoms with Gasteiger partial charge in [0.1, 0.15) is 13.2 Å². The van der Waals surface area contributed by atoms with Crippen LogP contribution < -0.4 is 5.11 Å². The van der Waals surface area contributed by atoms with Crippen LogP contribution in [0.5, 0.6) is 0 Å². The van der Waals surface area contributed by atoms with Crippen molar-refractivity contribution >= 4 is 17.9 Å². The summed E-state index contributed by atoms with van der Waals surface area (Å²) in [7, 11) is 5.93. The summed E-state index contributed by atoms with van der Waals surface area (Å²) in [6.07, 6.45) is 71.6. The van der Waals surface area contributed by atoms with Crippen LogP contribution in [0, 0.1) is 0 Å². The summed E-state index contributed by atoms with van der Waals surface area (Å²) < 4.78 is 22.7. The Balaban J connectivity index is 3.84. The molecule has 0 heterocycles. The third kappa shape index (κ3) is 61.4. The number of likely N-dealkylation sites (N-methyl/N-ethyl adjacent to an activating group) is 1. The van der Waals surface area contributed by atoms with Crippen LogP contribution in [0.2, 0.25) is 0 Å². The number of quaternary nitrogens is 1. The smallest absolute Gasteiger partial charge is 0.306 e. The van der Waals surface area contributed by atoms with Crippen molar-refractivity contribution in [3.8, 4) is 0 Å². The van der Waals surface area contributed by atoms with Gasteiger partial charge in [0, 0.05) is 12.8 Å². The number of esters is 2. The monoisotopic (exact) mass is 1100 g/mol. The van der Waals surface area contributed by atoms with E-state index >= 15 is 0 Å². The van der Waals surface area contributed by atoms with Crippen LogP contribution >= 0.6 is 0 Å². The zero-order chi connectivity index (χ0) is 56.9. The summed E-state index contributed by atoms with van der Waals surface area (Å²) in [6.45, 7) is 4.75. The summed E-state index contributed by atoms with van der Waals surface area (Å²) >= 11 is 0. The molecule has 0 fully saturated rings. The topological polar surface area (TPSA) is 111 Å². The molecule has 0 aliphatic heterocycles. The zero-order valence-corrected chi connectivity index (χ0v) is 52.6. The molecule has 9 heteroatoms. The number of aliphatic carboxylic acids is 1. The summed E-state index contributed by atoms with van der Waals surface area (Å²) in [5, 5.41) is 11.8. The number of allylic oxidation sites excluding steroid dienone is 4. The predicted molar refractivity (Wildman–Crippen MR) is 330 cm³/mol. The average molecular weight is 1100 g/mol. The van der Waals surface area contributed by atoms with E-state index in [2.05, 4.69) is 38.2 Å². The van der Waals surface area contributed by atoms with E-state index in [0.717, 1.165) is 57.8 Å². The van der Waals surface area contributed by atoms with Gasteiger partial charge in [-0.25, -0.2) is 0 Å². The standard InChI is InChI=1S/C69H131NO8/c1-6-8-10-12-14-16-18-20-21-22-23-24-25-26-27-28-29-30-31-32-33-34-35-36-37-38-39-40-41-42-43-44-45-46-47-48-50-52-54-56-58-60-67(72)78-65(64-77-69(68(73)74)75-62-61-70(3,4)5)63-76-66(71)59-57-55-53-51-49-19-17-15-13-11-9-7-2/h15,17,22-23,65,69H,6-14,16,18-21,24-64H2,1-5H3/b17-15-,23-22-. The van der Waals surface area contributed by atoms with E-state index in [1.165, 1.54) is 257 Å². The van der Waals surface area contributed by atoms with E-state index in [1.807, 2.05) is 21.1 Å². The quantitative estimate of drug-likeness (QED) is 0.0195. The Morgan fingerprint density at radius 3 is 0.974 bits per heavy atom. The average Bonchev–Trinajstić information content (AvgIpc) is 3.41. The van der Waals surface area contributed by atoms with Gasteiger partial charge in [-0.1, -0.05) is 289 Å². The predicted octanol–water partition coefficient (Wildman–Crippen LogP) is 19.3. The lowest BCUT2D eigenvalue weighted by molar-refractivity contribution is -0.870. The highest BCUT2D eigenvalue weighted by Crippen LogP contribution is 2.18. The van der Waals surface area contributed by atoms with Crippen LogP contribution in [-0.4, -0.2) is 82.3 Å². The summed E-state index contributed by atoms with van der Waals surface area (Å²) in [5.74, 6) is -2.27. The third-order valence-corrected chi connectivity index (χ3v) is 15.4. The molecule has 0 aromatic rings. The van der Waals surface area contributed by atoms with Crippen molar-refractivity contribution in [2.24, 2.45) is 0 Å². The molecule has 2 unspecified atom stereocenters. The number of carboxylic acids is 1. The van der Waals surface area contributed by atoms with Crippen molar-refractivity contribution in [3.05, 3.63) is 24.3 Å². The fourth-order valence-electron chi connectivity index (χ4n) is 10.2. The Kier molecular flexibility index (Phi) is 59.1. The molecule has 78 heavy (non-hydrogen) atoms. The van der Waals surface area contributed by atoms with Gasteiger partial charge >= 0.3 is 11.9 Å². The van der Waals surface area contributed by atoms with Gasteiger partial charge in [-0.05, 0) is 64.2 Å². The normalized spacial score (nSPS) is 12.8. The molecule has 0 aromatic heterocycles. The number of ether oxygens (including phenoxy) is 4. The number of nitrogens with zero attached hydrogens (tertiary/aromatic N) is 1. The van der Waals surface area contributed by atoms with Gasteiger partial charge in [-0.3, -0.25) is 9.59 Å². The Labute approximate surface area is 484 Å². The number of carboxylic acid groups (broad SMARTS) is 1. The minimum Gasteiger partial charge on any atom is -0.545 e. The maximum atomic E-state index is 12.9. The molecular formula is C69H131NO8. The number of carbonyl (C=O) groups is 3. The highest BCUT2D eigenvalue weighted by atomic mass is 16.7. The van der Waals surface area contributed by atoms with Gasteiger partial charge in [0.2, 0.25) is 0 Å². The molecule has 9 nitrogen and oxygen atoms in total. The molecule has 0 amide bonds. The molecule has 0 saturated carbocycles. The van der Waals surface area contributed by atoms with Gasteiger partial charge in [0.15, 0.2) is 12.4 Å². The lowest BCUT2D eigenvalue weighted by Crippen LogP contribution is -2.44. The summed E-state index contributed by atoms with van der Waals surface area (Å²) in [4.78, 5) is 37.2. The first kappa shape index (κ1) is 75.8. The molecular weight excluding hydrogens is 971 g/mol. The first-order valence-corrected chi connectivity index (χ1v) is 34.0. The lowest BCUT2D eigenvalue weighted by atomic mass is 10.0. The Hall–Kier alpha value is -2.23. The fraction of sp³-hybridized carbons (Fsp3) is 0.899. The van der Waals surface area contributed by atoms with Crippen molar-refractivity contribution in [1.82, 2.24) is 0 Å². The Bertz CT molecular complexity index is 1330. The number of rotatable bonds is 64. The minimum absolute atomic E-state index is 0.149. The number of unbranched alkanes of at least 4 members (excludes halogenated alkanes) is 45. The number of hydrogen-bond acceptors (Lipinski definition) is 8. The van der Waals surface area contributed by atoms with Crippen molar-refractivity contribution in [1.29, 1.82) is 0 Å². The van der Waals surface area contributed by atoms with Gasteiger partial charge in [-0.2, -0.15) is 0 Å². The first-order chi connectivity index (χ1) is 38.1. The maximum absolute atomic E-state index is 12.9. The maximum Gasteiger partial charge on any atom is 0.306 e. The van der Waals surface area contributed by atoms with Gasteiger partial charge in [0.25, 0.3) is 0 Å². The molecule has 0 radical (unpaired) electrons. The Morgan fingerprint density at radius 2 is 0.654 bits per heavy atom. The molecule has 0 aliphatic carbocycles. The Morgan fingerprint density at radius 1 is 0.372 bits per heavy atom. The van der Waals surface area contributed by atoms with E-state index in [-0.39, 0.29) is 38.6 Å². The van der Waals surface area contributed by atoms with E-state index < -0.39 is 24.3 Å². The van der Waals surface area contributed by atoms with Gasteiger partial charge in [0.05, 0.1) is 40.3 Å². The van der Waals surface area contributed by atoms with E-state index in [1.54, 1.807) is 0 Å². The van der Waals surface area contributed by atoms with Crippen LogP contribution in [0.15, 0.2) is 24.3 Å². The molecule has 0 aromatic carbocycles. The lowest BCUT2D eigenvalue weighted by Gasteiger charge is -2.26. The second kappa shape index (κ2) is 60.9. The van der Waals surface area contributed by atoms with Crippen molar-refractivity contribution in [3.63, 3.8) is 0 Å². The van der Waals surface area contributed by atoms with Gasteiger partial charge < -0.3 is 33.3 Å². The van der Waals surface area contributed by atoms with Gasteiger partial charge in [-0.15, -0.1) is 0 Å². The van der Waals surface area contributed by atoms with Crippen LogP contribution in [0.3, 0.4) is 0 Å². The zero-order valence-electron chi connectivity index (χ0n) is 52.6. The molecule has 0 spiro atoms. The second-order valence-electron chi connectivity index (χ2n) is 24.5. The largest absolute Gasteiger partial charge is 0.545 e. The molecule has 0 rings (SSSR count). The highest BCUT2D eigenvalue weighted by Gasteiger charge is 2.22. The molecule has 0 saturated heterocycles. The van der Waals surface area contributed by atoms with E-state index in [4.69, 9.17) is 18.9 Å². The second-order valence-corrected chi connectivity index (χ2v) is 24.5. The van der Waals surface area contributed by atoms with Crippen LogP contribution in [-0.2, 0) is 33.3 Å². The number of carbonyl (C=O) groups excluding carboxylic acids is 3. The van der Waals surface area contributed by atoms with Crippen molar-refractivity contribution in [2.45, 2.75) is 354 Å². The molecule has 460 valence electrons. The van der Waals surface area contributed by atoms with Crippen LogP contribution in [0.1, 0.15) is 341 Å². The fourth-order valence-corrected chi connectivity index (χ4v) is 10.2. The molecule has 0 bridgehead atoms. The minimum atomic E-state index is -1.62. The molecule has 2 atom stereocenters. The van der Waals surface area contributed by atoms with Crippen LogP contribution in [0.4, 0.5) is 0 Å². The summed E-state index contributed by atoms with van der Waals surface area (Å²) in [5.41, 5.74) is 0. The molecule has 0 aliphatic rings. The highest BCUT2D eigenvalue weighted by molar-refractivity contribution is 5.70.